The number of carbonyl (C=O) groups excluding carboxylic acids is 1. The van der Waals surface area contributed by atoms with Gasteiger partial charge < -0.3 is 14.7 Å². The Morgan fingerprint density at radius 3 is 2.71 bits per heavy atom. The molecule has 0 aromatic heterocycles. The first-order chi connectivity index (χ1) is 6.43. The third kappa shape index (κ3) is 2.59. The Bertz CT molecular complexity index is 216. The number of cyclic esters (lactones) is 1. The molecule has 0 saturated carbocycles. The molecule has 1 heterocycles. The third-order valence-electron chi connectivity index (χ3n) is 2.26. The zero-order valence-electron chi connectivity index (χ0n) is 8.99. The third-order valence-corrected chi connectivity index (χ3v) is 2.26. The van der Waals surface area contributed by atoms with E-state index in [0.29, 0.717) is 6.54 Å². The molecule has 1 atom stereocenters. The summed E-state index contributed by atoms with van der Waals surface area (Å²) in [6, 6.07) is 0. The molecule has 0 aromatic carbocycles. The van der Waals surface area contributed by atoms with Crippen LogP contribution in [0.2, 0.25) is 0 Å². The van der Waals surface area contributed by atoms with Gasteiger partial charge in [0.25, 0.3) is 0 Å². The molecular weight excluding hydrogens is 184 g/mol. The van der Waals surface area contributed by atoms with Crippen LogP contribution in [-0.2, 0) is 4.74 Å². The van der Waals surface area contributed by atoms with Crippen LogP contribution in [-0.4, -0.2) is 60.5 Å². The Kier molecular flexibility index (Phi) is 3.34. The first-order valence-corrected chi connectivity index (χ1v) is 4.75. The molecular formula is C9H18N2O3. The monoisotopic (exact) mass is 202 g/mol. The molecule has 1 N–H and O–H groups in total. The van der Waals surface area contributed by atoms with Gasteiger partial charge in [0.15, 0.2) is 5.72 Å². The maximum atomic E-state index is 11.2. The number of amides is 1. The van der Waals surface area contributed by atoms with E-state index in [9.17, 15) is 9.90 Å². The van der Waals surface area contributed by atoms with Crippen molar-refractivity contribution >= 4 is 6.09 Å². The number of hydrogen-bond acceptors (Lipinski definition) is 4. The predicted molar refractivity (Wildman–Crippen MR) is 51.8 cm³/mol. The van der Waals surface area contributed by atoms with Crippen molar-refractivity contribution in [3.05, 3.63) is 0 Å². The summed E-state index contributed by atoms with van der Waals surface area (Å²) in [5.41, 5.74) is -1.14. The van der Waals surface area contributed by atoms with E-state index in [1.807, 2.05) is 19.0 Å². The van der Waals surface area contributed by atoms with Crippen molar-refractivity contribution in [3.63, 3.8) is 0 Å². The Morgan fingerprint density at radius 2 is 2.29 bits per heavy atom. The van der Waals surface area contributed by atoms with Gasteiger partial charge in [0.1, 0.15) is 6.61 Å². The summed E-state index contributed by atoms with van der Waals surface area (Å²) in [6.07, 6.45) is 0.409. The van der Waals surface area contributed by atoms with Crippen LogP contribution >= 0.6 is 0 Å². The van der Waals surface area contributed by atoms with Gasteiger partial charge in [0, 0.05) is 6.54 Å². The van der Waals surface area contributed by atoms with Crippen molar-refractivity contribution in [1.82, 2.24) is 9.80 Å². The Labute approximate surface area is 84.2 Å². The van der Waals surface area contributed by atoms with Crippen LogP contribution in [0.1, 0.15) is 13.3 Å². The lowest BCUT2D eigenvalue weighted by Crippen LogP contribution is -2.45. The Morgan fingerprint density at radius 1 is 1.64 bits per heavy atom. The molecule has 1 aliphatic rings. The van der Waals surface area contributed by atoms with E-state index >= 15 is 0 Å². The summed E-state index contributed by atoms with van der Waals surface area (Å²) in [5.74, 6) is 0. The van der Waals surface area contributed by atoms with E-state index in [2.05, 4.69) is 0 Å². The van der Waals surface area contributed by atoms with Crippen LogP contribution < -0.4 is 0 Å². The van der Waals surface area contributed by atoms with Crippen LogP contribution in [0.4, 0.5) is 4.79 Å². The fourth-order valence-electron chi connectivity index (χ4n) is 1.43. The molecule has 0 radical (unpaired) electrons. The van der Waals surface area contributed by atoms with E-state index in [0.717, 1.165) is 13.0 Å². The van der Waals surface area contributed by atoms with Crippen LogP contribution in [0.25, 0.3) is 0 Å². The number of hydrogen-bond donors (Lipinski definition) is 1. The van der Waals surface area contributed by atoms with Crippen molar-refractivity contribution in [3.8, 4) is 0 Å². The molecule has 0 bridgehead atoms. The predicted octanol–water partition coefficient (Wildman–Crippen LogP) is 0.0988. The SMILES string of the molecule is CN(C)CCCN1C(=O)OCC1(C)O. The molecule has 0 aliphatic carbocycles. The number of nitrogens with zero attached hydrogens (tertiary/aromatic N) is 2. The first kappa shape index (κ1) is 11.3. The fourth-order valence-corrected chi connectivity index (χ4v) is 1.43. The maximum Gasteiger partial charge on any atom is 0.412 e. The molecule has 1 saturated heterocycles. The minimum atomic E-state index is -1.14. The zero-order chi connectivity index (χ0) is 10.8. The second-order valence-corrected chi connectivity index (χ2v) is 4.08. The summed E-state index contributed by atoms with van der Waals surface area (Å²) in [4.78, 5) is 14.6. The highest BCUT2D eigenvalue weighted by Gasteiger charge is 2.41. The number of ether oxygens (including phenoxy) is 1. The van der Waals surface area contributed by atoms with Gasteiger partial charge in [-0.25, -0.2) is 4.79 Å². The molecule has 14 heavy (non-hydrogen) atoms. The normalized spacial score (nSPS) is 27.2. The van der Waals surface area contributed by atoms with E-state index in [-0.39, 0.29) is 6.61 Å². The number of rotatable bonds is 4. The van der Waals surface area contributed by atoms with Gasteiger partial charge in [-0.3, -0.25) is 4.90 Å². The van der Waals surface area contributed by atoms with Gasteiger partial charge in [0.2, 0.25) is 0 Å². The van der Waals surface area contributed by atoms with Gasteiger partial charge in [0.05, 0.1) is 0 Å². The minimum absolute atomic E-state index is 0.0633. The first-order valence-electron chi connectivity index (χ1n) is 4.75. The van der Waals surface area contributed by atoms with E-state index < -0.39 is 11.8 Å². The van der Waals surface area contributed by atoms with Gasteiger partial charge in [-0.2, -0.15) is 0 Å². The van der Waals surface area contributed by atoms with Crippen molar-refractivity contribution in [2.24, 2.45) is 0 Å². The Balaban J connectivity index is 2.38. The summed E-state index contributed by atoms with van der Waals surface area (Å²) < 4.78 is 4.76. The van der Waals surface area contributed by atoms with Gasteiger partial charge in [-0.05, 0) is 34.0 Å². The lowest BCUT2D eigenvalue weighted by atomic mass is 10.2. The average Bonchev–Trinajstić information content (AvgIpc) is 2.30. The maximum absolute atomic E-state index is 11.2. The van der Waals surface area contributed by atoms with Gasteiger partial charge in [-0.15, -0.1) is 0 Å². The van der Waals surface area contributed by atoms with Gasteiger partial charge in [-0.1, -0.05) is 0 Å². The topological polar surface area (TPSA) is 53.0 Å². The average molecular weight is 202 g/mol. The second kappa shape index (κ2) is 4.14. The molecule has 5 nitrogen and oxygen atoms in total. The van der Waals surface area contributed by atoms with Crippen LogP contribution in [0.3, 0.4) is 0 Å². The summed E-state index contributed by atoms with van der Waals surface area (Å²) in [6.45, 7) is 3.07. The van der Waals surface area contributed by atoms with Crippen molar-refractivity contribution in [2.75, 3.05) is 33.8 Å². The second-order valence-electron chi connectivity index (χ2n) is 4.08. The highest BCUT2D eigenvalue weighted by molar-refractivity contribution is 5.70. The van der Waals surface area contributed by atoms with Crippen LogP contribution in [0, 0.1) is 0 Å². The van der Waals surface area contributed by atoms with Crippen LogP contribution in [0.15, 0.2) is 0 Å². The zero-order valence-corrected chi connectivity index (χ0v) is 8.99. The highest BCUT2D eigenvalue weighted by Crippen LogP contribution is 2.20. The molecule has 1 rings (SSSR count). The minimum Gasteiger partial charge on any atom is -0.444 e. The quantitative estimate of drug-likeness (QED) is 0.702. The number of aliphatic hydroxyl groups is 1. The summed E-state index contributed by atoms with van der Waals surface area (Å²) >= 11 is 0. The molecule has 0 aromatic rings. The molecule has 1 amide bonds. The van der Waals surface area contributed by atoms with E-state index in [1.54, 1.807) is 6.92 Å². The molecule has 82 valence electrons. The lowest BCUT2D eigenvalue weighted by molar-refractivity contribution is -0.0455. The highest BCUT2D eigenvalue weighted by atomic mass is 16.6. The largest absolute Gasteiger partial charge is 0.444 e. The van der Waals surface area contributed by atoms with Crippen molar-refractivity contribution in [1.29, 1.82) is 0 Å². The van der Waals surface area contributed by atoms with E-state index in [4.69, 9.17) is 4.74 Å². The molecule has 5 heteroatoms. The van der Waals surface area contributed by atoms with Crippen LogP contribution in [0.5, 0.6) is 0 Å². The number of carbonyl (C=O) groups is 1. The Hall–Kier alpha value is -0.810. The lowest BCUT2D eigenvalue weighted by Gasteiger charge is -2.26. The summed E-state index contributed by atoms with van der Waals surface area (Å²) in [5, 5.41) is 9.76. The van der Waals surface area contributed by atoms with E-state index in [1.165, 1.54) is 4.90 Å². The van der Waals surface area contributed by atoms with Gasteiger partial charge >= 0.3 is 6.09 Å². The molecule has 1 aliphatic heterocycles. The molecule has 1 unspecified atom stereocenters. The van der Waals surface area contributed by atoms with Crippen molar-refractivity contribution < 1.29 is 14.6 Å². The van der Waals surface area contributed by atoms with Crippen molar-refractivity contribution in [2.45, 2.75) is 19.1 Å². The standard InChI is InChI=1S/C9H18N2O3/c1-9(13)7-14-8(12)11(9)6-4-5-10(2)3/h13H,4-7H2,1-3H3. The fraction of sp³-hybridized carbons (Fsp3) is 0.889. The summed E-state index contributed by atoms with van der Waals surface area (Å²) in [7, 11) is 3.95. The molecule has 1 fully saturated rings. The molecule has 0 spiro atoms. The smallest absolute Gasteiger partial charge is 0.412 e.